The zero-order valence-electron chi connectivity index (χ0n) is 9.68. The number of piperazine rings is 1. The smallest absolute Gasteiger partial charge is 0.247 e. The minimum Gasteiger partial charge on any atom is -0.342 e. The van der Waals surface area contributed by atoms with E-state index in [1.807, 2.05) is 27.7 Å². The molecular formula is C11H18N2O2. The van der Waals surface area contributed by atoms with Crippen molar-refractivity contribution in [1.29, 1.82) is 0 Å². The fraction of sp³-hybridized carbons (Fsp3) is 0.818. The highest BCUT2D eigenvalue weighted by Crippen LogP contribution is 2.56. The summed E-state index contributed by atoms with van der Waals surface area (Å²) >= 11 is 0. The summed E-state index contributed by atoms with van der Waals surface area (Å²) in [5.41, 5.74) is -0.732. The molecule has 84 valence electrons. The van der Waals surface area contributed by atoms with Crippen LogP contribution in [0, 0.1) is 11.3 Å². The fourth-order valence-corrected chi connectivity index (χ4v) is 2.36. The summed E-state index contributed by atoms with van der Waals surface area (Å²) in [6.07, 6.45) is 0.738. The molecule has 0 aromatic heterocycles. The van der Waals surface area contributed by atoms with E-state index < -0.39 is 5.54 Å². The van der Waals surface area contributed by atoms with Crippen LogP contribution in [0.5, 0.6) is 0 Å². The van der Waals surface area contributed by atoms with E-state index in [0.717, 1.165) is 6.42 Å². The molecule has 4 nitrogen and oxygen atoms in total. The Labute approximate surface area is 89.8 Å². The lowest BCUT2D eigenvalue weighted by atomic mass is 9.95. The van der Waals surface area contributed by atoms with Gasteiger partial charge in [-0.3, -0.25) is 9.59 Å². The van der Waals surface area contributed by atoms with Crippen LogP contribution in [0.1, 0.15) is 34.1 Å². The topological polar surface area (TPSA) is 58.2 Å². The van der Waals surface area contributed by atoms with Gasteiger partial charge in [-0.05, 0) is 17.8 Å². The van der Waals surface area contributed by atoms with Crippen molar-refractivity contribution in [3.05, 3.63) is 0 Å². The van der Waals surface area contributed by atoms with Crippen LogP contribution >= 0.6 is 0 Å². The van der Waals surface area contributed by atoms with Crippen molar-refractivity contribution in [2.45, 2.75) is 45.7 Å². The number of rotatable bonds is 1. The lowest BCUT2D eigenvalue weighted by Gasteiger charge is -2.33. The number of hydrogen-bond acceptors (Lipinski definition) is 2. The zero-order valence-corrected chi connectivity index (χ0v) is 9.68. The van der Waals surface area contributed by atoms with E-state index in [0.29, 0.717) is 0 Å². The summed E-state index contributed by atoms with van der Waals surface area (Å²) in [6.45, 7) is 7.87. The molecule has 0 bridgehead atoms. The molecule has 1 aliphatic carbocycles. The molecule has 0 aromatic rings. The number of carbonyl (C=O) groups is 2. The molecule has 15 heavy (non-hydrogen) atoms. The van der Waals surface area contributed by atoms with Crippen LogP contribution in [0.2, 0.25) is 0 Å². The van der Waals surface area contributed by atoms with Gasteiger partial charge in [-0.15, -0.1) is 0 Å². The van der Waals surface area contributed by atoms with E-state index in [2.05, 4.69) is 10.6 Å². The van der Waals surface area contributed by atoms with Crippen molar-refractivity contribution in [2.75, 3.05) is 0 Å². The number of amides is 2. The predicted octanol–water partition coefficient (Wildman–Crippen LogP) is 0.426. The van der Waals surface area contributed by atoms with Crippen molar-refractivity contribution >= 4 is 11.8 Å². The van der Waals surface area contributed by atoms with Gasteiger partial charge in [0.1, 0.15) is 11.6 Å². The van der Waals surface area contributed by atoms with Crippen LogP contribution in [0.3, 0.4) is 0 Å². The molecule has 2 aliphatic rings. The molecule has 2 atom stereocenters. The second kappa shape index (κ2) is 2.74. The van der Waals surface area contributed by atoms with Gasteiger partial charge in [0, 0.05) is 0 Å². The molecular weight excluding hydrogens is 192 g/mol. The number of hydrogen-bond donors (Lipinski definition) is 2. The standard InChI is InChI=1S/C11H18N2O2/c1-6(2)7-8(14)13-11(9(15)12-7)5-10(11,3)4/h6-7H,5H2,1-4H3,(H,12,15)(H,13,14)/t7-,11+/m0/s1. The lowest BCUT2D eigenvalue weighted by molar-refractivity contribution is -0.139. The molecule has 2 N–H and O–H groups in total. The number of nitrogens with one attached hydrogen (secondary N) is 2. The highest BCUT2D eigenvalue weighted by atomic mass is 16.2. The molecule has 0 unspecified atom stereocenters. The Balaban J connectivity index is 2.19. The van der Waals surface area contributed by atoms with E-state index in [1.165, 1.54) is 0 Å². The second-order valence-corrected chi connectivity index (χ2v) is 5.65. The molecule has 0 aromatic carbocycles. The van der Waals surface area contributed by atoms with E-state index in [9.17, 15) is 9.59 Å². The minimum absolute atomic E-state index is 0.0224. The Morgan fingerprint density at radius 3 is 2.27 bits per heavy atom. The normalized spacial score (nSPS) is 37.8. The summed E-state index contributed by atoms with van der Waals surface area (Å²) in [5, 5.41) is 5.71. The van der Waals surface area contributed by atoms with Crippen molar-refractivity contribution in [1.82, 2.24) is 10.6 Å². The summed E-state index contributed by atoms with van der Waals surface area (Å²) in [4.78, 5) is 23.7. The molecule has 4 heteroatoms. The molecule has 0 radical (unpaired) electrons. The third-order valence-electron chi connectivity index (χ3n) is 3.70. The van der Waals surface area contributed by atoms with E-state index >= 15 is 0 Å². The zero-order chi connectivity index (χ0) is 11.4. The molecule has 2 amide bonds. The summed E-state index contributed by atoms with van der Waals surface area (Å²) in [5.74, 6) is 0.0640. The summed E-state index contributed by atoms with van der Waals surface area (Å²) in [7, 11) is 0. The SMILES string of the molecule is CC(C)[C@@H]1NC(=O)[C@@]2(CC2(C)C)NC1=O. The van der Waals surface area contributed by atoms with Crippen LogP contribution in [0.15, 0.2) is 0 Å². The monoisotopic (exact) mass is 210 g/mol. The lowest BCUT2D eigenvalue weighted by Crippen LogP contribution is -2.66. The average Bonchev–Trinajstić information content (AvgIpc) is 2.61. The van der Waals surface area contributed by atoms with Gasteiger partial charge in [-0.25, -0.2) is 0 Å². The van der Waals surface area contributed by atoms with Crippen LogP contribution in [0.25, 0.3) is 0 Å². The van der Waals surface area contributed by atoms with Gasteiger partial charge in [0.25, 0.3) is 0 Å². The maximum atomic E-state index is 11.9. The van der Waals surface area contributed by atoms with Gasteiger partial charge < -0.3 is 10.6 Å². The highest BCUT2D eigenvalue weighted by Gasteiger charge is 2.69. The molecule has 2 rings (SSSR count). The van der Waals surface area contributed by atoms with Crippen molar-refractivity contribution in [2.24, 2.45) is 11.3 Å². The van der Waals surface area contributed by atoms with Crippen LogP contribution < -0.4 is 10.6 Å². The highest BCUT2D eigenvalue weighted by molar-refractivity contribution is 6.02. The van der Waals surface area contributed by atoms with E-state index in [-0.39, 0.29) is 29.2 Å². The van der Waals surface area contributed by atoms with Crippen molar-refractivity contribution < 1.29 is 9.59 Å². The van der Waals surface area contributed by atoms with Gasteiger partial charge in [0.05, 0.1) is 0 Å². The Bertz CT molecular complexity index is 335. The molecule has 1 aliphatic heterocycles. The second-order valence-electron chi connectivity index (χ2n) is 5.65. The fourth-order valence-electron chi connectivity index (χ4n) is 2.36. The third-order valence-corrected chi connectivity index (χ3v) is 3.70. The van der Waals surface area contributed by atoms with Crippen LogP contribution in [-0.4, -0.2) is 23.4 Å². The minimum atomic E-state index is -0.629. The van der Waals surface area contributed by atoms with Gasteiger partial charge in [-0.2, -0.15) is 0 Å². The third kappa shape index (κ3) is 1.27. The van der Waals surface area contributed by atoms with Gasteiger partial charge in [-0.1, -0.05) is 27.7 Å². The Morgan fingerprint density at radius 1 is 1.33 bits per heavy atom. The van der Waals surface area contributed by atoms with Crippen LogP contribution in [0.4, 0.5) is 0 Å². The van der Waals surface area contributed by atoms with Crippen LogP contribution in [-0.2, 0) is 9.59 Å². The molecule has 1 saturated heterocycles. The molecule has 1 saturated carbocycles. The van der Waals surface area contributed by atoms with Crippen molar-refractivity contribution in [3.63, 3.8) is 0 Å². The first kappa shape index (κ1) is 10.5. The Kier molecular flexibility index (Phi) is 1.91. The first-order chi connectivity index (χ1) is 6.80. The summed E-state index contributed by atoms with van der Waals surface area (Å²) in [6, 6.07) is -0.375. The molecule has 1 spiro atoms. The van der Waals surface area contributed by atoms with E-state index in [1.54, 1.807) is 0 Å². The quantitative estimate of drug-likeness (QED) is 0.659. The molecule has 2 fully saturated rings. The van der Waals surface area contributed by atoms with Gasteiger partial charge in [0.15, 0.2) is 0 Å². The van der Waals surface area contributed by atoms with E-state index in [4.69, 9.17) is 0 Å². The average molecular weight is 210 g/mol. The Morgan fingerprint density at radius 2 is 1.87 bits per heavy atom. The largest absolute Gasteiger partial charge is 0.342 e. The maximum Gasteiger partial charge on any atom is 0.247 e. The predicted molar refractivity (Wildman–Crippen MR) is 56.0 cm³/mol. The molecule has 1 heterocycles. The first-order valence-corrected chi connectivity index (χ1v) is 5.43. The van der Waals surface area contributed by atoms with Gasteiger partial charge >= 0.3 is 0 Å². The summed E-state index contributed by atoms with van der Waals surface area (Å²) < 4.78 is 0. The maximum absolute atomic E-state index is 11.9. The van der Waals surface area contributed by atoms with Gasteiger partial charge in [0.2, 0.25) is 11.8 Å². The van der Waals surface area contributed by atoms with Crippen molar-refractivity contribution in [3.8, 4) is 0 Å². The Hall–Kier alpha value is -1.06. The number of carbonyl (C=O) groups excluding carboxylic acids is 2. The first-order valence-electron chi connectivity index (χ1n) is 5.43.